The SMILES string of the molecule is [B]n1cccc1/C(CCN)=C1N=C(/C=C/c2ccccc2)C=C\1C. The Hall–Kier alpha value is -2.59. The normalized spacial score (nSPS) is 16.4. The molecular formula is C20H20BN3. The van der Waals surface area contributed by atoms with E-state index in [0.29, 0.717) is 6.54 Å². The van der Waals surface area contributed by atoms with E-state index in [-0.39, 0.29) is 0 Å². The first kappa shape index (κ1) is 16.3. The first-order chi connectivity index (χ1) is 11.7. The van der Waals surface area contributed by atoms with Crippen LogP contribution in [0.25, 0.3) is 11.6 Å². The Labute approximate surface area is 144 Å². The molecule has 0 spiro atoms. The molecule has 0 atom stereocenters. The number of aliphatic imine (C=N–C) groups is 1. The summed E-state index contributed by atoms with van der Waals surface area (Å²) >= 11 is 0. The highest BCUT2D eigenvalue weighted by molar-refractivity contribution is 6.11. The molecule has 2 aromatic rings. The summed E-state index contributed by atoms with van der Waals surface area (Å²) < 4.78 is 1.62. The molecule has 1 aliphatic rings. The molecule has 118 valence electrons. The smallest absolute Gasteiger partial charge is 0.234 e. The number of allylic oxidation sites excluding steroid dienone is 3. The van der Waals surface area contributed by atoms with Gasteiger partial charge < -0.3 is 10.2 Å². The lowest BCUT2D eigenvalue weighted by Crippen LogP contribution is -2.05. The van der Waals surface area contributed by atoms with Gasteiger partial charge in [0.15, 0.2) is 0 Å². The van der Waals surface area contributed by atoms with Gasteiger partial charge in [-0.3, -0.25) is 0 Å². The van der Waals surface area contributed by atoms with Gasteiger partial charge in [0.2, 0.25) is 7.98 Å². The van der Waals surface area contributed by atoms with E-state index in [1.807, 2.05) is 42.6 Å². The van der Waals surface area contributed by atoms with E-state index in [2.05, 4.69) is 31.2 Å². The van der Waals surface area contributed by atoms with Crippen LogP contribution < -0.4 is 5.73 Å². The summed E-state index contributed by atoms with van der Waals surface area (Å²) in [5.41, 5.74) is 12.0. The van der Waals surface area contributed by atoms with Crippen LogP contribution in [0.15, 0.2) is 77.1 Å². The van der Waals surface area contributed by atoms with Crippen molar-refractivity contribution in [3.05, 3.63) is 83.3 Å². The summed E-state index contributed by atoms with van der Waals surface area (Å²) in [4.78, 5) is 4.79. The minimum absolute atomic E-state index is 0.558. The van der Waals surface area contributed by atoms with Gasteiger partial charge in [-0.25, -0.2) is 4.99 Å². The number of nitrogens with two attached hydrogens (primary N) is 1. The molecule has 0 unspecified atom stereocenters. The van der Waals surface area contributed by atoms with Gasteiger partial charge in [0.1, 0.15) is 0 Å². The van der Waals surface area contributed by atoms with Gasteiger partial charge in [-0.2, -0.15) is 0 Å². The topological polar surface area (TPSA) is 43.3 Å². The van der Waals surface area contributed by atoms with E-state index in [9.17, 15) is 0 Å². The average molecular weight is 313 g/mol. The molecule has 2 heterocycles. The molecule has 1 aromatic heterocycles. The van der Waals surface area contributed by atoms with E-state index in [1.165, 1.54) is 0 Å². The Bertz CT molecular complexity index is 839. The molecule has 1 aliphatic heterocycles. The molecule has 0 aliphatic carbocycles. The molecule has 0 amide bonds. The van der Waals surface area contributed by atoms with Gasteiger partial charge in [0, 0.05) is 11.3 Å². The summed E-state index contributed by atoms with van der Waals surface area (Å²) in [6.45, 7) is 2.63. The molecule has 0 fully saturated rings. The fourth-order valence-electron chi connectivity index (χ4n) is 2.84. The second kappa shape index (κ2) is 7.32. The predicted octanol–water partition coefficient (Wildman–Crippen LogP) is 3.59. The van der Waals surface area contributed by atoms with Crippen molar-refractivity contribution in [2.45, 2.75) is 13.3 Å². The summed E-state index contributed by atoms with van der Waals surface area (Å²) in [7, 11) is 6.01. The Morgan fingerprint density at radius 3 is 2.62 bits per heavy atom. The number of hydrogen-bond acceptors (Lipinski definition) is 2. The van der Waals surface area contributed by atoms with E-state index in [1.54, 1.807) is 4.48 Å². The third kappa shape index (κ3) is 3.49. The maximum Gasteiger partial charge on any atom is 0.234 e. The van der Waals surface area contributed by atoms with Gasteiger partial charge in [-0.1, -0.05) is 36.4 Å². The molecule has 24 heavy (non-hydrogen) atoms. The van der Waals surface area contributed by atoms with Crippen LogP contribution in [-0.4, -0.2) is 24.7 Å². The van der Waals surface area contributed by atoms with E-state index in [0.717, 1.165) is 40.2 Å². The monoisotopic (exact) mass is 313 g/mol. The van der Waals surface area contributed by atoms with Crippen molar-refractivity contribution in [1.29, 1.82) is 0 Å². The van der Waals surface area contributed by atoms with E-state index < -0.39 is 0 Å². The summed E-state index contributed by atoms with van der Waals surface area (Å²) in [6.07, 6.45) is 8.77. The van der Waals surface area contributed by atoms with Crippen LogP contribution in [0, 0.1) is 0 Å². The second-order valence-electron chi connectivity index (χ2n) is 5.77. The van der Waals surface area contributed by atoms with Crippen LogP contribution >= 0.6 is 0 Å². The standard InChI is InChI=1S/C20H20BN3/c1-15-14-17(10-9-16-6-3-2-4-7-16)23-20(15)18(11-12-22)19-8-5-13-24(19)21/h2-10,13-14H,11-12,22H2,1H3/b10-9+,20-18-. The second-order valence-corrected chi connectivity index (χ2v) is 5.77. The predicted molar refractivity (Wildman–Crippen MR) is 103 cm³/mol. The van der Waals surface area contributed by atoms with Crippen molar-refractivity contribution in [3.63, 3.8) is 0 Å². The summed E-state index contributed by atoms with van der Waals surface area (Å²) in [5, 5.41) is 0. The van der Waals surface area contributed by atoms with Crippen LogP contribution in [0.4, 0.5) is 0 Å². The molecule has 1 aromatic carbocycles. The molecule has 0 saturated heterocycles. The first-order valence-electron chi connectivity index (χ1n) is 8.05. The molecule has 0 bridgehead atoms. The van der Waals surface area contributed by atoms with Crippen molar-refractivity contribution in [2.24, 2.45) is 10.7 Å². The molecule has 2 N–H and O–H groups in total. The Morgan fingerprint density at radius 2 is 1.96 bits per heavy atom. The fraction of sp³-hybridized carbons (Fsp3) is 0.150. The molecular weight excluding hydrogens is 293 g/mol. The van der Waals surface area contributed by atoms with Crippen molar-refractivity contribution in [2.75, 3.05) is 6.54 Å². The van der Waals surface area contributed by atoms with Gasteiger partial charge >= 0.3 is 0 Å². The van der Waals surface area contributed by atoms with E-state index in [4.69, 9.17) is 18.7 Å². The van der Waals surface area contributed by atoms with Gasteiger partial charge in [-0.05, 0) is 61.5 Å². The molecule has 3 rings (SSSR count). The number of rotatable bonds is 5. The zero-order chi connectivity index (χ0) is 16.9. The lowest BCUT2D eigenvalue weighted by atomic mass is 10.0. The molecule has 4 heteroatoms. The Kier molecular flexibility index (Phi) is 4.97. The Balaban J connectivity index is 1.96. The summed E-state index contributed by atoms with van der Waals surface area (Å²) in [5.74, 6) is 0. The van der Waals surface area contributed by atoms with Crippen molar-refractivity contribution in [1.82, 2.24) is 4.48 Å². The Morgan fingerprint density at radius 1 is 1.17 bits per heavy atom. The van der Waals surface area contributed by atoms with E-state index >= 15 is 0 Å². The minimum atomic E-state index is 0.558. The lowest BCUT2D eigenvalue weighted by Gasteiger charge is -2.11. The van der Waals surface area contributed by atoms with Crippen molar-refractivity contribution < 1.29 is 0 Å². The van der Waals surface area contributed by atoms with Gasteiger partial charge in [0.05, 0.1) is 11.4 Å². The highest BCUT2D eigenvalue weighted by Crippen LogP contribution is 2.30. The maximum atomic E-state index is 6.01. The van der Waals surface area contributed by atoms with Crippen molar-refractivity contribution >= 4 is 25.3 Å². The zero-order valence-corrected chi connectivity index (χ0v) is 13.8. The zero-order valence-electron chi connectivity index (χ0n) is 13.8. The average Bonchev–Trinajstić information content (AvgIpc) is 3.18. The van der Waals surface area contributed by atoms with Crippen LogP contribution in [0.1, 0.15) is 24.6 Å². The first-order valence-corrected chi connectivity index (χ1v) is 8.05. The molecule has 2 radical (unpaired) electrons. The fourth-order valence-corrected chi connectivity index (χ4v) is 2.84. The van der Waals surface area contributed by atoms with Crippen LogP contribution in [0.5, 0.6) is 0 Å². The lowest BCUT2D eigenvalue weighted by molar-refractivity contribution is 0.997. The highest BCUT2D eigenvalue weighted by atomic mass is 14.9. The minimum Gasteiger partial charge on any atom is -0.403 e. The maximum absolute atomic E-state index is 6.01. The number of nitrogens with zero attached hydrogens (tertiary/aromatic N) is 2. The number of benzene rings is 1. The van der Waals surface area contributed by atoms with Crippen LogP contribution in [0.2, 0.25) is 0 Å². The van der Waals surface area contributed by atoms with Gasteiger partial charge in [0.25, 0.3) is 0 Å². The third-order valence-corrected chi connectivity index (χ3v) is 3.99. The molecule has 3 nitrogen and oxygen atoms in total. The quantitative estimate of drug-likeness (QED) is 0.842. The molecule has 0 saturated carbocycles. The number of hydrogen-bond donors (Lipinski definition) is 1. The third-order valence-electron chi connectivity index (χ3n) is 3.99. The van der Waals surface area contributed by atoms with Crippen molar-refractivity contribution in [3.8, 4) is 0 Å². The van der Waals surface area contributed by atoms with Crippen LogP contribution in [0.3, 0.4) is 0 Å². The van der Waals surface area contributed by atoms with Gasteiger partial charge in [-0.15, -0.1) is 0 Å². The summed E-state index contributed by atoms with van der Waals surface area (Å²) in [6, 6.07) is 14.1. The van der Waals surface area contributed by atoms with Crippen LogP contribution in [-0.2, 0) is 0 Å². The largest absolute Gasteiger partial charge is 0.403 e. The number of aromatic nitrogens is 1. The highest BCUT2D eigenvalue weighted by Gasteiger charge is 2.16.